The Morgan fingerprint density at radius 2 is 1.45 bits per heavy atom. The second-order valence-corrected chi connectivity index (χ2v) is 7.90. The Morgan fingerprint density at radius 1 is 0.806 bits per heavy atom. The molecule has 2 amide bonds. The van der Waals surface area contributed by atoms with Crippen LogP contribution in [0.25, 0.3) is 0 Å². The monoisotopic (exact) mass is 424 g/mol. The standard InChI is InChI=1S/C25H32N2O4/c1-4-30-22-10-7-21(8-11-22)17-24(28)26-12-5-13-27(15-14-26)25(29)18-31-23-9-6-19(2)20(3)16-23/h6-11,16H,4-5,12-15,17-18H2,1-3H3. The first-order chi connectivity index (χ1) is 15.0. The summed E-state index contributed by atoms with van der Waals surface area (Å²) in [6, 6.07) is 13.5. The van der Waals surface area contributed by atoms with Crippen LogP contribution in [-0.2, 0) is 16.0 Å². The fraction of sp³-hybridized carbons (Fsp3) is 0.440. The first-order valence-electron chi connectivity index (χ1n) is 10.9. The van der Waals surface area contributed by atoms with Gasteiger partial charge >= 0.3 is 0 Å². The van der Waals surface area contributed by atoms with E-state index in [-0.39, 0.29) is 18.4 Å². The Kier molecular flexibility index (Phi) is 7.93. The molecular formula is C25H32N2O4. The molecule has 0 aliphatic carbocycles. The van der Waals surface area contributed by atoms with Crippen molar-refractivity contribution in [2.75, 3.05) is 39.4 Å². The summed E-state index contributed by atoms with van der Waals surface area (Å²) >= 11 is 0. The predicted molar refractivity (Wildman–Crippen MR) is 121 cm³/mol. The van der Waals surface area contributed by atoms with Crippen molar-refractivity contribution >= 4 is 11.8 Å². The highest BCUT2D eigenvalue weighted by molar-refractivity contribution is 5.80. The number of amides is 2. The summed E-state index contributed by atoms with van der Waals surface area (Å²) in [5.41, 5.74) is 3.30. The van der Waals surface area contributed by atoms with Crippen LogP contribution in [0.3, 0.4) is 0 Å². The molecule has 1 fully saturated rings. The topological polar surface area (TPSA) is 59.1 Å². The molecular weight excluding hydrogens is 392 g/mol. The van der Waals surface area contributed by atoms with Crippen molar-refractivity contribution in [3.63, 3.8) is 0 Å². The van der Waals surface area contributed by atoms with E-state index in [1.165, 1.54) is 5.56 Å². The van der Waals surface area contributed by atoms with Gasteiger partial charge in [0.25, 0.3) is 5.91 Å². The summed E-state index contributed by atoms with van der Waals surface area (Å²) in [5, 5.41) is 0. The van der Waals surface area contributed by atoms with Crippen molar-refractivity contribution < 1.29 is 19.1 Å². The Bertz CT molecular complexity index is 895. The summed E-state index contributed by atoms with van der Waals surface area (Å²) < 4.78 is 11.1. The average Bonchev–Trinajstić information content (AvgIpc) is 3.02. The van der Waals surface area contributed by atoms with Crippen molar-refractivity contribution in [2.45, 2.75) is 33.6 Å². The summed E-state index contributed by atoms with van der Waals surface area (Å²) in [4.78, 5) is 29.0. The molecule has 0 atom stereocenters. The molecule has 1 heterocycles. The van der Waals surface area contributed by atoms with Crippen molar-refractivity contribution in [2.24, 2.45) is 0 Å². The minimum absolute atomic E-state index is 0.0165. The van der Waals surface area contributed by atoms with Crippen LogP contribution in [0.2, 0.25) is 0 Å². The molecule has 3 rings (SSSR count). The minimum Gasteiger partial charge on any atom is -0.494 e. The van der Waals surface area contributed by atoms with Gasteiger partial charge in [0.15, 0.2) is 6.61 Å². The van der Waals surface area contributed by atoms with Crippen LogP contribution in [0.5, 0.6) is 11.5 Å². The highest BCUT2D eigenvalue weighted by Gasteiger charge is 2.22. The van der Waals surface area contributed by atoms with Gasteiger partial charge in [-0.2, -0.15) is 0 Å². The molecule has 31 heavy (non-hydrogen) atoms. The predicted octanol–water partition coefficient (Wildman–Crippen LogP) is 3.38. The van der Waals surface area contributed by atoms with E-state index in [1.54, 1.807) is 4.90 Å². The molecule has 0 N–H and O–H groups in total. The molecule has 2 aromatic carbocycles. The Morgan fingerprint density at radius 3 is 2.10 bits per heavy atom. The number of hydrogen-bond acceptors (Lipinski definition) is 4. The maximum Gasteiger partial charge on any atom is 0.260 e. The first kappa shape index (κ1) is 22.7. The van der Waals surface area contributed by atoms with Crippen molar-refractivity contribution in [1.82, 2.24) is 9.80 Å². The van der Waals surface area contributed by atoms with E-state index in [9.17, 15) is 9.59 Å². The zero-order valence-corrected chi connectivity index (χ0v) is 18.7. The third-order valence-electron chi connectivity index (χ3n) is 5.63. The molecule has 1 aliphatic heterocycles. The third-order valence-corrected chi connectivity index (χ3v) is 5.63. The van der Waals surface area contributed by atoms with E-state index in [0.29, 0.717) is 45.0 Å². The van der Waals surface area contributed by atoms with Gasteiger partial charge in [0, 0.05) is 26.2 Å². The zero-order valence-electron chi connectivity index (χ0n) is 18.7. The molecule has 0 bridgehead atoms. The lowest BCUT2D eigenvalue weighted by Gasteiger charge is -2.22. The van der Waals surface area contributed by atoms with Crippen molar-refractivity contribution in [3.8, 4) is 11.5 Å². The van der Waals surface area contributed by atoms with Gasteiger partial charge in [-0.25, -0.2) is 0 Å². The third kappa shape index (κ3) is 6.48. The molecule has 2 aromatic rings. The van der Waals surface area contributed by atoms with Crippen molar-refractivity contribution in [3.05, 3.63) is 59.2 Å². The van der Waals surface area contributed by atoms with Crippen LogP contribution < -0.4 is 9.47 Å². The normalized spacial score (nSPS) is 14.2. The Labute approximate surface area is 184 Å². The molecule has 6 nitrogen and oxygen atoms in total. The zero-order chi connectivity index (χ0) is 22.2. The van der Waals surface area contributed by atoms with Crippen LogP contribution in [-0.4, -0.2) is 61.0 Å². The summed E-state index contributed by atoms with van der Waals surface area (Å²) in [5.74, 6) is 1.56. The van der Waals surface area contributed by atoms with Crippen LogP contribution in [0, 0.1) is 13.8 Å². The van der Waals surface area contributed by atoms with Gasteiger partial charge in [-0.3, -0.25) is 9.59 Å². The van der Waals surface area contributed by atoms with E-state index in [0.717, 1.165) is 23.3 Å². The summed E-state index contributed by atoms with van der Waals surface area (Å²) in [6.45, 7) is 9.04. The number of hydrogen-bond donors (Lipinski definition) is 0. The first-order valence-corrected chi connectivity index (χ1v) is 10.9. The van der Waals surface area contributed by atoms with Gasteiger partial charge in [0.1, 0.15) is 11.5 Å². The van der Waals surface area contributed by atoms with Gasteiger partial charge in [0.05, 0.1) is 13.0 Å². The summed E-state index contributed by atoms with van der Waals surface area (Å²) in [7, 11) is 0. The fourth-order valence-corrected chi connectivity index (χ4v) is 3.61. The molecule has 6 heteroatoms. The largest absolute Gasteiger partial charge is 0.494 e. The van der Waals surface area contributed by atoms with E-state index in [2.05, 4.69) is 0 Å². The molecule has 0 unspecified atom stereocenters. The van der Waals surface area contributed by atoms with Gasteiger partial charge in [-0.15, -0.1) is 0 Å². The SMILES string of the molecule is CCOc1ccc(CC(=O)N2CCCN(C(=O)COc3ccc(C)c(C)c3)CC2)cc1. The maximum absolute atomic E-state index is 12.7. The minimum atomic E-state index is -0.0426. The lowest BCUT2D eigenvalue weighted by atomic mass is 10.1. The van der Waals surface area contributed by atoms with Crippen LogP contribution in [0.4, 0.5) is 0 Å². The lowest BCUT2D eigenvalue weighted by Crippen LogP contribution is -2.39. The van der Waals surface area contributed by atoms with Crippen molar-refractivity contribution in [1.29, 1.82) is 0 Å². The second-order valence-electron chi connectivity index (χ2n) is 7.90. The van der Waals surface area contributed by atoms with Crippen LogP contribution in [0.15, 0.2) is 42.5 Å². The molecule has 0 spiro atoms. The summed E-state index contributed by atoms with van der Waals surface area (Å²) in [6.07, 6.45) is 1.13. The quantitative estimate of drug-likeness (QED) is 0.684. The smallest absolute Gasteiger partial charge is 0.260 e. The Hall–Kier alpha value is -3.02. The molecule has 0 aromatic heterocycles. The van der Waals surface area contributed by atoms with Gasteiger partial charge in [-0.1, -0.05) is 18.2 Å². The van der Waals surface area contributed by atoms with Gasteiger partial charge < -0.3 is 19.3 Å². The van der Waals surface area contributed by atoms with Gasteiger partial charge in [0.2, 0.25) is 5.91 Å². The van der Waals surface area contributed by atoms with E-state index in [1.807, 2.05) is 68.1 Å². The number of carbonyl (C=O) groups is 2. The number of nitrogens with zero attached hydrogens (tertiary/aromatic N) is 2. The molecule has 0 radical (unpaired) electrons. The highest BCUT2D eigenvalue weighted by Crippen LogP contribution is 2.17. The van der Waals surface area contributed by atoms with E-state index in [4.69, 9.17) is 9.47 Å². The van der Waals surface area contributed by atoms with E-state index < -0.39 is 0 Å². The van der Waals surface area contributed by atoms with E-state index >= 15 is 0 Å². The molecule has 0 saturated carbocycles. The number of rotatable bonds is 7. The number of benzene rings is 2. The molecule has 166 valence electrons. The number of ether oxygens (including phenoxy) is 2. The molecule has 1 saturated heterocycles. The van der Waals surface area contributed by atoms with Crippen LogP contribution >= 0.6 is 0 Å². The average molecular weight is 425 g/mol. The molecule has 1 aliphatic rings. The number of carbonyl (C=O) groups excluding carboxylic acids is 2. The Balaban J connectivity index is 1.47. The van der Waals surface area contributed by atoms with Gasteiger partial charge in [-0.05, 0) is 68.1 Å². The number of aryl methyl sites for hydroxylation is 2. The lowest BCUT2D eigenvalue weighted by molar-refractivity contribution is -0.134. The highest BCUT2D eigenvalue weighted by atomic mass is 16.5. The second kappa shape index (κ2) is 10.8. The maximum atomic E-state index is 12.7. The van der Waals surface area contributed by atoms with Crippen LogP contribution in [0.1, 0.15) is 30.0 Å². The fourth-order valence-electron chi connectivity index (χ4n) is 3.61.